The van der Waals surface area contributed by atoms with E-state index in [1.54, 1.807) is 18.2 Å². The first-order valence-electron chi connectivity index (χ1n) is 13.6. The Morgan fingerprint density at radius 1 is 1.00 bits per heavy atom. The predicted octanol–water partition coefficient (Wildman–Crippen LogP) is 5.34. The van der Waals surface area contributed by atoms with Gasteiger partial charge >= 0.3 is 6.18 Å². The lowest BCUT2D eigenvalue weighted by molar-refractivity contribution is -0.139. The standard InChI is InChI=1S/C30H34F3N3O6S/c1-3-7-23(9-6-14-42-29-26(27(34)37)11-5-13-35-29)36-28(38)22-16-21(17-24(18-22)41-15-12-30(31,32)33)20-8-4-10-25(19-20)43(2,39)40/h4-5,8,10-11,13,16-19,23H,3,6-7,9,12,14-15H2,1-2H3,(H2,34,37)(H,36,38)/t23-/m0/s1. The maximum atomic E-state index is 13.4. The zero-order valence-corrected chi connectivity index (χ0v) is 24.6. The number of aromatic nitrogens is 1. The molecular formula is C30H34F3N3O6S. The topological polar surface area (TPSA) is 138 Å². The van der Waals surface area contributed by atoms with E-state index >= 15 is 0 Å². The Hall–Kier alpha value is -4.13. The van der Waals surface area contributed by atoms with Crippen LogP contribution in [0.3, 0.4) is 0 Å². The summed E-state index contributed by atoms with van der Waals surface area (Å²) >= 11 is 0. The molecule has 0 bridgehead atoms. The van der Waals surface area contributed by atoms with Crippen molar-refractivity contribution in [2.24, 2.45) is 5.73 Å². The van der Waals surface area contributed by atoms with Gasteiger partial charge in [0.1, 0.15) is 11.3 Å². The van der Waals surface area contributed by atoms with Crippen molar-refractivity contribution in [2.45, 2.75) is 56.1 Å². The highest BCUT2D eigenvalue weighted by molar-refractivity contribution is 7.90. The van der Waals surface area contributed by atoms with Gasteiger partial charge < -0.3 is 20.5 Å². The van der Waals surface area contributed by atoms with Crippen molar-refractivity contribution in [3.63, 3.8) is 0 Å². The molecule has 1 heterocycles. The third kappa shape index (κ3) is 10.6. The number of primary amides is 1. The monoisotopic (exact) mass is 621 g/mol. The largest absolute Gasteiger partial charge is 0.493 e. The van der Waals surface area contributed by atoms with Gasteiger partial charge in [-0.15, -0.1) is 0 Å². The van der Waals surface area contributed by atoms with Crippen molar-refractivity contribution in [2.75, 3.05) is 19.5 Å². The highest BCUT2D eigenvalue weighted by atomic mass is 32.2. The van der Waals surface area contributed by atoms with Crippen molar-refractivity contribution in [1.29, 1.82) is 0 Å². The number of nitrogens with zero attached hydrogens (tertiary/aromatic N) is 1. The number of amides is 2. The molecular weight excluding hydrogens is 587 g/mol. The van der Waals surface area contributed by atoms with Crippen LogP contribution in [0.5, 0.6) is 11.6 Å². The summed E-state index contributed by atoms with van der Waals surface area (Å²) in [6.45, 7) is 1.53. The summed E-state index contributed by atoms with van der Waals surface area (Å²) in [5, 5.41) is 2.97. The van der Waals surface area contributed by atoms with E-state index in [1.165, 1.54) is 42.6 Å². The predicted molar refractivity (Wildman–Crippen MR) is 155 cm³/mol. The minimum absolute atomic E-state index is 0.0396. The van der Waals surface area contributed by atoms with E-state index in [1.807, 2.05) is 6.92 Å². The maximum absolute atomic E-state index is 13.4. The molecule has 3 rings (SSSR count). The van der Waals surface area contributed by atoms with Crippen LogP contribution in [0.15, 0.2) is 65.7 Å². The van der Waals surface area contributed by atoms with Gasteiger partial charge in [-0.05, 0) is 72.9 Å². The molecule has 0 saturated carbocycles. The van der Waals surface area contributed by atoms with Crippen LogP contribution in [0.1, 0.15) is 59.7 Å². The minimum Gasteiger partial charge on any atom is -0.493 e. The summed E-state index contributed by atoms with van der Waals surface area (Å²) in [7, 11) is -3.53. The van der Waals surface area contributed by atoms with E-state index in [-0.39, 0.29) is 40.3 Å². The number of pyridine rings is 1. The Kier molecular flexibility index (Phi) is 11.5. The van der Waals surface area contributed by atoms with E-state index in [0.717, 1.165) is 12.7 Å². The number of nitrogens with two attached hydrogens (primary N) is 1. The van der Waals surface area contributed by atoms with Gasteiger partial charge in [-0.2, -0.15) is 13.2 Å². The Labute approximate surface area is 248 Å². The molecule has 0 fully saturated rings. The highest BCUT2D eigenvalue weighted by Crippen LogP contribution is 2.29. The second-order valence-corrected chi connectivity index (χ2v) is 11.9. The first-order valence-corrected chi connectivity index (χ1v) is 15.5. The number of alkyl halides is 3. The van der Waals surface area contributed by atoms with Gasteiger partial charge in [0, 0.05) is 24.1 Å². The fourth-order valence-corrected chi connectivity index (χ4v) is 4.94. The number of halogens is 3. The molecule has 2 aromatic carbocycles. The average Bonchev–Trinajstić information content (AvgIpc) is 2.94. The Morgan fingerprint density at radius 3 is 2.44 bits per heavy atom. The van der Waals surface area contributed by atoms with E-state index in [2.05, 4.69) is 10.3 Å². The second kappa shape index (κ2) is 14.9. The summed E-state index contributed by atoms with van der Waals surface area (Å²) < 4.78 is 73.3. The van der Waals surface area contributed by atoms with E-state index in [0.29, 0.717) is 30.4 Å². The van der Waals surface area contributed by atoms with Crippen LogP contribution in [0, 0.1) is 0 Å². The van der Waals surface area contributed by atoms with Crippen LogP contribution >= 0.6 is 0 Å². The van der Waals surface area contributed by atoms with Crippen molar-refractivity contribution in [3.8, 4) is 22.8 Å². The van der Waals surface area contributed by atoms with Gasteiger partial charge in [0.15, 0.2) is 9.84 Å². The number of ether oxygens (including phenoxy) is 2. The first-order chi connectivity index (χ1) is 20.3. The number of carbonyl (C=O) groups excluding carboxylic acids is 2. The number of carbonyl (C=O) groups is 2. The van der Waals surface area contributed by atoms with Crippen LogP contribution < -0.4 is 20.5 Å². The molecule has 0 spiro atoms. The zero-order chi connectivity index (χ0) is 31.6. The fourth-order valence-electron chi connectivity index (χ4n) is 4.27. The molecule has 0 aliphatic carbocycles. The minimum atomic E-state index is -4.42. The molecule has 0 aliphatic heterocycles. The lowest BCUT2D eigenvalue weighted by Crippen LogP contribution is -2.35. The smallest absolute Gasteiger partial charge is 0.392 e. The highest BCUT2D eigenvalue weighted by Gasteiger charge is 2.27. The van der Waals surface area contributed by atoms with Gasteiger partial charge in [-0.3, -0.25) is 9.59 Å². The van der Waals surface area contributed by atoms with Gasteiger partial charge in [0.25, 0.3) is 11.8 Å². The number of benzene rings is 2. The third-order valence-corrected chi connectivity index (χ3v) is 7.47. The summed E-state index contributed by atoms with van der Waals surface area (Å²) in [5.41, 5.74) is 6.51. The van der Waals surface area contributed by atoms with Crippen LogP contribution in [0.4, 0.5) is 13.2 Å². The maximum Gasteiger partial charge on any atom is 0.392 e. The molecule has 232 valence electrons. The van der Waals surface area contributed by atoms with Crippen LogP contribution in [-0.2, 0) is 9.84 Å². The molecule has 1 aromatic heterocycles. The lowest BCUT2D eigenvalue weighted by atomic mass is 10.0. The third-order valence-electron chi connectivity index (χ3n) is 6.36. The molecule has 0 saturated heterocycles. The van der Waals surface area contributed by atoms with Crippen LogP contribution in [-0.4, -0.2) is 56.9 Å². The summed E-state index contributed by atoms with van der Waals surface area (Å²) in [6, 6.07) is 13.2. The number of hydrogen-bond donors (Lipinski definition) is 2. The Morgan fingerprint density at radius 2 is 1.77 bits per heavy atom. The Balaban J connectivity index is 1.78. The van der Waals surface area contributed by atoms with Crippen molar-refractivity contribution in [1.82, 2.24) is 10.3 Å². The number of rotatable bonds is 15. The molecule has 9 nitrogen and oxygen atoms in total. The van der Waals surface area contributed by atoms with Gasteiger partial charge in [-0.25, -0.2) is 13.4 Å². The summed E-state index contributed by atoms with van der Waals surface area (Å²) in [6.07, 6.45) is -0.594. The molecule has 13 heteroatoms. The summed E-state index contributed by atoms with van der Waals surface area (Å²) in [4.78, 5) is 29.0. The van der Waals surface area contributed by atoms with Gasteiger partial charge in [-0.1, -0.05) is 25.5 Å². The quantitative estimate of drug-likeness (QED) is 0.219. The van der Waals surface area contributed by atoms with Gasteiger partial charge in [0.05, 0.1) is 24.5 Å². The zero-order valence-electron chi connectivity index (χ0n) is 23.8. The molecule has 3 N–H and O–H groups in total. The molecule has 43 heavy (non-hydrogen) atoms. The van der Waals surface area contributed by atoms with Crippen molar-refractivity contribution < 1.29 is 40.7 Å². The van der Waals surface area contributed by atoms with Crippen LogP contribution in [0.25, 0.3) is 11.1 Å². The number of nitrogens with one attached hydrogen (secondary N) is 1. The molecule has 0 aliphatic rings. The molecule has 2 amide bonds. The van der Waals surface area contributed by atoms with E-state index in [4.69, 9.17) is 15.2 Å². The van der Waals surface area contributed by atoms with Crippen molar-refractivity contribution >= 4 is 21.7 Å². The average molecular weight is 622 g/mol. The van der Waals surface area contributed by atoms with Gasteiger partial charge in [0.2, 0.25) is 5.88 Å². The molecule has 0 unspecified atom stereocenters. The SMILES string of the molecule is CCC[C@@H](CCCOc1ncccc1C(N)=O)NC(=O)c1cc(OCCC(F)(F)F)cc(-c2cccc(S(C)(=O)=O)c2)c1. The molecule has 1 atom stereocenters. The Bertz CT molecular complexity index is 1530. The van der Waals surface area contributed by atoms with E-state index < -0.39 is 40.9 Å². The van der Waals surface area contributed by atoms with Crippen LogP contribution in [0.2, 0.25) is 0 Å². The molecule has 3 aromatic rings. The second-order valence-electron chi connectivity index (χ2n) is 9.93. The van der Waals surface area contributed by atoms with E-state index in [9.17, 15) is 31.2 Å². The first kappa shape index (κ1) is 33.4. The normalized spacial score (nSPS) is 12.4. The lowest BCUT2D eigenvalue weighted by Gasteiger charge is -2.19. The number of hydrogen-bond acceptors (Lipinski definition) is 7. The summed E-state index contributed by atoms with van der Waals surface area (Å²) in [5.74, 6) is -0.966. The fraction of sp³-hybridized carbons (Fsp3) is 0.367. The van der Waals surface area contributed by atoms with Crippen molar-refractivity contribution in [3.05, 3.63) is 71.9 Å². The molecule has 0 radical (unpaired) electrons. The number of sulfone groups is 1.